The lowest BCUT2D eigenvalue weighted by molar-refractivity contribution is 0.176. The number of rotatable bonds is 4. The fraction of sp³-hybridized carbons (Fsp3) is 0.471. The number of hydrogen-bond acceptors (Lipinski definition) is 3. The zero-order valence-corrected chi connectivity index (χ0v) is 13.2. The Morgan fingerprint density at radius 2 is 2.05 bits per heavy atom. The topological polar surface area (TPSA) is 28.2 Å². The fourth-order valence-electron chi connectivity index (χ4n) is 3.13. The Hall–Kier alpha value is -1.16. The molecule has 0 saturated carbocycles. The van der Waals surface area contributed by atoms with Gasteiger partial charge in [0, 0.05) is 17.5 Å². The molecule has 0 amide bonds. The van der Waals surface area contributed by atoms with E-state index in [-0.39, 0.29) is 0 Å². The van der Waals surface area contributed by atoms with E-state index in [9.17, 15) is 0 Å². The van der Waals surface area contributed by atoms with Crippen molar-refractivity contribution in [1.29, 1.82) is 0 Å². The van der Waals surface area contributed by atoms with Gasteiger partial charge in [0.1, 0.15) is 5.15 Å². The third-order valence-corrected chi connectivity index (χ3v) is 4.67. The van der Waals surface area contributed by atoms with E-state index >= 15 is 0 Å². The van der Waals surface area contributed by atoms with Crippen LogP contribution in [0.15, 0.2) is 30.3 Å². The molecule has 1 saturated heterocycles. The quantitative estimate of drug-likeness (QED) is 0.878. The van der Waals surface area contributed by atoms with Gasteiger partial charge in [0.05, 0.1) is 5.52 Å². The molecule has 112 valence electrons. The Morgan fingerprint density at radius 1 is 1.29 bits per heavy atom. The number of halogens is 1. The van der Waals surface area contributed by atoms with E-state index in [4.69, 9.17) is 11.6 Å². The van der Waals surface area contributed by atoms with Crippen molar-refractivity contribution in [2.75, 3.05) is 26.7 Å². The van der Waals surface area contributed by atoms with Gasteiger partial charge in [0.2, 0.25) is 0 Å². The van der Waals surface area contributed by atoms with E-state index in [2.05, 4.69) is 27.3 Å². The molecule has 0 atom stereocenters. The lowest BCUT2D eigenvalue weighted by Crippen LogP contribution is -2.36. The standard InChI is InChI=1S/C17H22ClN3/c1-19-11-13-6-8-21(9-7-13)12-15-10-14-4-2-3-5-16(14)20-17(15)18/h2-5,10,13,19H,6-9,11-12H2,1H3. The number of para-hydroxylation sites is 1. The van der Waals surface area contributed by atoms with Crippen LogP contribution in [0.1, 0.15) is 18.4 Å². The molecule has 1 aromatic heterocycles. The lowest BCUT2D eigenvalue weighted by atomic mass is 9.96. The van der Waals surface area contributed by atoms with Crippen molar-refractivity contribution in [2.24, 2.45) is 5.92 Å². The molecule has 0 radical (unpaired) electrons. The Kier molecular flexibility index (Phi) is 4.73. The first kappa shape index (κ1) is 14.8. The molecule has 2 aromatic rings. The fourth-order valence-corrected chi connectivity index (χ4v) is 3.33. The molecule has 1 aliphatic heterocycles. The number of nitrogens with one attached hydrogen (secondary N) is 1. The molecule has 3 nitrogen and oxygen atoms in total. The molecule has 2 heterocycles. The highest BCUT2D eigenvalue weighted by Gasteiger charge is 2.19. The number of pyridine rings is 1. The summed E-state index contributed by atoms with van der Waals surface area (Å²) < 4.78 is 0. The average Bonchev–Trinajstić information content (AvgIpc) is 2.50. The van der Waals surface area contributed by atoms with Gasteiger partial charge in [-0.05, 0) is 57.6 Å². The molecule has 0 spiro atoms. The SMILES string of the molecule is CNCC1CCN(Cc2cc3ccccc3nc2Cl)CC1. The molecular formula is C17H22ClN3. The van der Waals surface area contributed by atoms with Gasteiger partial charge in [0.15, 0.2) is 0 Å². The third-order valence-electron chi connectivity index (χ3n) is 4.34. The van der Waals surface area contributed by atoms with E-state index in [1.807, 2.05) is 25.2 Å². The molecular weight excluding hydrogens is 282 g/mol. The van der Waals surface area contributed by atoms with Crippen LogP contribution in [0.3, 0.4) is 0 Å². The van der Waals surface area contributed by atoms with Crippen molar-refractivity contribution < 1.29 is 0 Å². The first-order chi connectivity index (χ1) is 10.3. The predicted octanol–water partition coefficient (Wildman–Crippen LogP) is 3.32. The van der Waals surface area contributed by atoms with Crippen LogP contribution < -0.4 is 5.32 Å². The third kappa shape index (κ3) is 3.54. The van der Waals surface area contributed by atoms with E-state index in [1.165, 1.54) is 18.2 Å². The monoisotopic (exact) mass is 303 g/mol. The number of piperidine rings is 1. The van der Waals surface area contributed by atoms with E-state index in [1.54, 1.807) is 0 Å². The summed E-state index contributed by atoms with van der Waals surface area (Å²) in [5.41, 5.74) is 2.11. The van der Waals surface area contributed by atoms with E-state index in [0.29, 0.717) is 5.15 Å². The van der Waals surface area contributed by atoms with Gasteiger partial charge in [-0.2, -0.15) is 0 Å². The van der Waals surface area contributed by atoms with Gasteiger partial charge in [-0.3, -0.25) is 4.90 Å². The van der Waals surface area contributed by atoms with Crippen molar-refractivity contribution in [2.45, 2.75) is 19.4 Å². The minimum absolute atomic E-state index is 0.644. The number of benzene rings is 1. The summed E-state index contributed by atoms with van der Waals surface area (Å²) in [6, 6.07) is 10.3. The Morgan fingerprint density at radius 3 is 2.81 bits per heavy atom. The van der Waals surface area contributed by atoms with Gasteiger partial charge in [-0.15, -0.1) is 0 Å². The summed E-state index contributed by atoms with van der Waals surface area (Å²) in [6.45, 7) is 4.33. The van der Waals surface area contributed by atoms with Gasteiger partial charge < -0.3 is 5.32 Å². The molecule has 0 aliphatic carbocycles. The van der Waals surface area contributed by atoms with Gasteiger partial charge in [0.25, 0.3) is 0 Å². The molecule has 1 aromatic carbocycles. The van der Waals surface area contributed by atoms with Gasteiger partial charge >= 0.3 is 0 Å². The second-order valence-corrected chi connectivity index (χ2v) is 6.27. The summed E-state index contributed by atoms with van der Waals surface area (Å²) >= 11 is 6.35. The zero-order chi connectivity index (χ0) is 14.7. The van der Waals surface area contributed by atoms with Crippen molar-refractivity contribution in [3.63, 3.8) is 0 Å². The first-order valence-corrected chi connectivity index (χ1v) is 8.05. The van der Waals surface area contributed by atoms with Crippen LogP contribution in [0.4, 0.5) is 0 Å². The van der Waals surface area contributed by atoms with Crippen LogP contribution in [0.25, 0.3) is 10.9 Å². The van der Waals surface area contributed by atoms with E-state index < -0.39 is 0 Å². The number of likely N-dealkylation sites (tertiary alicyclic amines) is 1. The smallest absolute Gasteiger partial charge is 0.134 e. The summed E-state index contributed by atoms with van der Waals surface area (Å²) in [5.74, 6) is 0.816. The summed E-state index contributed by atoms with van der Waals surface area (Å²) in [6.07, 6.45) is 2.53. The highest BCUT2D eigenvalue weighted by Crippen LogP contribution is 2.24. The van der Waals surface area contributed by atoms with Crippen molar-refractivity contribution in [3.05, 3.63) is 41.0 Å². The van der Waals surface area contributed by atoms with Gasteiger partial charge in [-0.25, -0.2) is 4.98 Å². The molecule has 21 heavy (non-hydrogen) atoms. The molecule has 1 N–H and O–H groups in total. The second kappa shape index (κ2) is 6.73. The minimum atomic E-state index is 0.644. The Balaban J connectivity index is 1.69. The van der Waals surface area contributed by atoms with Crippen LogP contribution in [0.5, 0.6) is 0 Å². The van der Waals surface area contributed by atoms with Crippen molar-refractivity contribution >= 4 is 22.5 Å². The number of aromatic nitrogens is 1. The molecule has 1 fully saturated rings. The molecule has 4 heteroatoms. The molecule has 0 unspecified atom stereocenters. The first-order valence-electron chi connectivity index (χ1n) is 7.67. The van der Waals surface area contributed by atoms with E-state index in [0.717, 1.165) is 43.2 Å². The average molecular weight is 304 g/mol. The lowest BCUT2D eigenvalue weighted by Gasteiger charge is -2.32. The highest BCUT2D eigenvalue weighted by molar-refractivity contribution is 6.30. The van der Waals surface area contributed by atoms with Crippen LogP contribution in [0, 0.1) is 5.92 Å². The number of nitrogens with zero attached hydrogens (tertiary/aromatic N) is 2. The Bertz CT molecular complexity index is 606. The predicted molar refractivity (Wildman–Crippen MR) is 88.7 cm³/mol. The van der Waals surface area contributed by atoms with Gasteiger partial charge in [-0.1, -0.05) is 29.8 Å². The number of hydrogen-bond donors (Lipinski definition) is 1. The van der Waals surface area contributed by atoms with Crippen LogP contribution in [-0.2, 0) is 6.54 Å². The maximum absolute atomic E-state index is 6.35. The highest BCUT2D eigenvalue weighted by atomic mass is 35.5. The summed E-state index contributed by atoms with van der Waals surface area (Å²) in [7, 11) is 2.03. The summed E-state index contributed by atoms with van der Waals surface area (Å²) in [5, 5.41) is 5.09. The van der Waals surface area contributed by atoms with Crippen LogP contribution >= 0.6 is 11.6 Å². The number of fused-ring (bicyclic) bond motifs is 1. The minimum Gasteiger partial charge on any atom is -0.319 e. The molecule has 3 rings (SSSR count). The maximum Gasteiger partial charge on any atom is 0.134 e. The van der Waals surface area contributed by atoms with Crippen LogP contribution in [0.2, 0.25) is 5.15 Å². The van der Waals surface area contributed by atoms with Crippen molar-refractivity contribution in [1.82, 2.24) is 15.2 Å². The normalized spacial score (nSPS) is 17.4. The molecule has 1 aliphatic rings. The second-order valence-electron chi connectivity index (χ2n) is 5.91. The van der Waals surface area contributed by atoms with Crippen LogP contribution in [-0.4, -0.2) is 36.6 Å². The van der Waals surface area contributed by atoms with Crippen molar-refractivity contribution in [3.8, 4) is 0 Å². The molecule has 0 bridgehead atoms. The Labute approximate surface area is 131 Å². The largest absolute Gasteiger partial charge is 0.319 e. The summed E-state index contributed by atoms with van der Waals surface area (Å²) in [4.78, 5) is 7.00. The zero-order valence-electron chi connectivity index (χ0n) is 12.5. The maximum atomic E-state index is 6.35.